The van der Waals surface area contributed by atoms with Crippen molar-refractivity contribution >= 4 is 32.6 Å². The fraction of sp³-hybridized carbons (Fsp3) is 0.867. The van der Waals surface area contributed by atoms with Crippen molar-refractivity contribution in [3.8, 4) is 0 Å². The van der Waals surface area contributed by atoms with Crippen LogP contribution in [0.5, 0.6) is 0 Å². The van der Waals surface area contributed by atoms with E-state index in [-0.39, 0.29) is 22.1 Å². The van der Waals surface area contributed by atoms with E-state index in [0.29, 0.717) is 36.6 Å². The maximum absolute atomic E-state index is 11.7. The van der Waals surface area contributed by atoms with Crippen LogP contribution in [0, 0.1) is 5.41 Å². The van der Waals surface area contributed by atoms with Gasteiger partial charge in [-0.3, -0.25) is 9.59 Å². The molecule has 0 unspecified atom stereocenters. The largest absolute Gasteiger partial charge is 0.748 e. The van der Waals surface area contributed by atoms with Gasteiger partial charge in [-0.15, -0.1) is 0 Å². The zero-order chi connectivity index (χ0) is 17.4. The first-order chi connectivity index (χ1) is 9.95. The van der Waals surface area contributed by atoms with E-state index in [1.807, 2.05) is 27.7 Å². The van der Waals surface area contributed by atoms with Gasteiger partial charge >= 0.3 is 0 Å². The van der Waals surface area contributed by atoms with Crippen LogP contribution in [-0.2, 0) is 30.6 Å². The van der Waals surface area contributed by atoms with Gasteiger partial charge in [-0.25, -0.2) is 8.42 Å². The molecule has 0 bridgehead atoms. The summed E-state index contributed by atoms with van der Waals surface area (Å²) in [5.74, 6) is 3.08. The number of carbonyl (C=O) groups is 2. The minimum absolute atomic E-state index is 0.188. The molecule has 0 aliphatic carbocycles. The first-order valence-electron chi connectivity index (χ1n) is 7.58. The van der Waals surface area contributed by atoms with Gasteiger partial charge in [0, 0.05) is 11.2 Å². The maximum Gasteiger partial charge on any atom is 0.187 e. The van der Waals surface area contributed by atoms with Crippen molar-refractivity contribution < 1.29 is 22.6 Å². The molecule has 5 nitrogen and oxygen atoms in total. The van der Waals surface area contributed by atoms with Gasteiger partial charge < -0.3 is 4.55 Å². The Morgan fingerprint density at radius 3 is 2.05 bits per heavy atom. The van der Waals surface area contributed by atoms with Crippen molar-refractivity contribution in [2.45, 2.75) is 53.4 Å². The fourth-order valence-electron chi connectivity index (χ4n) is 1.61. The normalized spacial score (nSPS) is 16.9. The molecular weight excluding hydrogens is 324 g/mol. The predicted molar refractivity (Wildman–Crippen MR) is 90.1 cm³/mol. The summed E-state index contributed by atoms with van der Waals surface area (Å²) < 4.78 is 29.5. The molecule has 0 aromatic rings. The number of carbonyl (C=O) groups excluding carboxylic acids is 2. The van der Waals surface area contributed by atoms with E-state index in [1.165, 1.54) is 0 Å². The Labute approximate surface area is 137 Å². The van der Waals surface area contributed by atoms with E-state index < -0.39 is 10.1 Å². The van der Waals surface area contributed by atoms with Crippen molar-refractivity contribution in [2.24, 2.45) is 5.41 Å². The number of hydrogen-bond donors (Lipinski definition) is 0. The lowest BCUT2D eigenvalue weighted by Gasteiger charge is -2.18. The lowest BCUT2D eigenvalue weighted by molar-refractivity contribution is -0.123. The number of ketones is 2. The molecule has 0 aromatic heterocycles. The van der Waals surface area contributed by atoms with Crippen LogP contribution in [-0.4, -0.2) is 47.5 Å². The highest BCUT2D eigenvalue weighted by Gasteiger charge is 2.33. The quantitative estimate of drug-likeness (QED) is 0.557. The summed E-state index contributed by atoms with van der Waals surface area (Å²) in [5, 5.41) is 0. The fourth-order valence-corrected chi connectivity index (χ4v) is 4.58. The average molecular weight is 353 g/mol. The minimum atomic E-state index is -3.94. The highest BCUT2D eigenvalue weighted by molar-refractivity contribution is 7.97. The van der Waals surface area contributed by atoms with E-state index in [9.17, 15) is 22.6 Å². The second kappa shape index (κ2) is 9.67. The number of unbranched alkanes of at least 4 members (excludes halogenated alkanes) is 1. The Balaban J connectivity index is 0.000000472. The number of rotatable bonds is 5. The van der Waals surface area contributed by atoms with Crippen LogP contribution in [0.15, 0.2) is 0 Å². The predicted octanol–water partition coefficient (Wildman–Crippen LogP) is 1.91. The lowest BCUT2D eigenvalue weighted by Crippen LogP contribution is -2.34. The van der Waals surface area contributed by atoms with Gasteiger partial charge in [-0.2, -0.15) is 0 Å². The van der Waals surface area contributed by atoms with Crippen LogP contribution in [0.3, 0.4) is 0 Å². The number of Topliss-reactive ketones (excluding diaryl/α,β-unsaturated/α-hetero) is 2. The molecule has 1 rings (SSSR count). The molecule has 1 fully saturated rings. The Kier molecular flexibility index (Phi) is 9.50. The zero-order valence-electron chi connectivity index (χ0n) is 14.0. The molecule has 7 heteroatoms. The topological polar surface area (TPSA) is 91.3 Å². The molecule has 1 saturated heterocycles. The smallest absolute Gasteiger partial charge is 0.187 e. The van der Waals surface area contributed by atoms with Gasteiger partial charge in [-0.05, 0) is 17.3 Å². The molecule has 22 heavy (non-hydrogen) atoms. The van der Waals surface area contributed by atoms with E-state index >= 15 is 0 Å². The summed E-state index contributed by atoms with van der Waals surface area (Å²) in [5.41, 5.74) is -0.214. The molecule has 1 aliphatic heterocycles. The second-order valence-electron chi connectivity index (χ2n) is 6.49. The summed E-state index contributed by atoms with van der Waals surface area (Å²) in [6.07, 6.45) is 2.62. The molecule has 0 atom stereocenters. The van der Waals surface area contributed by atoms with E-state index in [0.717, 1.165) is 17.9 Å². The van der Waals surface area contributed by atoms with Gasteiger partial charge in [0.1, 0.15) is 17.3 Å². The van der Waals surface area contributed by atoms with Crippen molar-refractivity contribution in [2.75, 3.05) is 23.0 Å². The third-order valence-corrected chi connectivity index (χ3v) is 6.28. The molecule has 1 heterocycles. The first-order valence-corrected chi connectivity index (χ1v) is 10.9. The highest BCUT2D eigenvalue weighted by Crippen LogP contribution is 2.19. The van der Waals surface area contributed by atoms with Crippen LogP contribution in [0.4, 0.5) is 0 Å². The number of hydrogen-bond acceptors (Lipinski definition) is 5. The van der Waals surface area contributed by atoms with Crippen molar-refractivity contribution in [1.82, 2.24) is 0 Å². The molecule has 0 aromatic carbocycles. The van der Waals surface area contributed by atoms with Gasteiger partial charge in [-0.1, -0.05) is 34.1 Å². The van der Waals surface area contributed by atoms with Crippen LogP contribution in [0.1, 0.15) is 53.4 Å². The van der Waals surface area contributed by atoms with Gasteiger partial charge in [0.05, 0.1) is 23.0 Å². The maximum atomic E-state index is 11.7. The van der Waals surface area contributed by atoms with Crippen molar-refractivity contribution in [1.29, 1.82) is 0 Å². The van der Waals surface area contributed by atoms with Crippen molar-refractivity contribution in [3.05, 3.63) is 0 Å². The van der Waals surface area contributed by atoms with E-state index in [4.69, 9.17) is 0 Å². The molecular formula is C15H28O5S2. The second-order valence-corrected chi connectivity index (χ2v) is 10.3. The summed E-state index contributed by atoms with van der Waals surface area (Å²) in [4.78, 5) is 22.7. The monoisotopic (exact) mass is 352 g/mol. The Morgan fingerprint density at radius 1 is 1.23 bits per heavy atom. The Bertz CT molecular complexity index is 453. The van der Waals surface area contributed by atoms with Crippen LogP contribution < -0.4 is 0 Å². The molecule has 0 saturated carbocycles. The third kappa shape index (κ3) is 11.2. The molecule has 0 amide bonds. The van der Waals surface area contributed by atoms with Crippen molar-refractivity contribution in [3.63, 3.8) is 0 Å². The first kappa shape index (κ1) is 21.6. The standard InChI is InChI=1S/C11H19O2S.C4H10O3S/c1-11(2,3)10(13)8-14-6-4-9(12)5-7-14;1-2-3-4-8(5,6)7/h4-8H2,1-3H3;2-4H2,1H3,(H,5,6,7)/q+1;/p-1. The zero-order valence-corrected chi connectivity index (χ0v) is 15.6. The van der Waals surface area contributed by atoms with E-state index in [1.54, 1.807) is 0 Å². The molecule has 130 valence electrons. The SMILES string of the molecule is CC(C)(C)C(=O)C[S+]1CCC(=O)CC1.CCCCS(=O)(=O)[O-]. The summed E-state index contributed by atoms with van der Waals surface area (Å²) in [6.45, 7) is 7.74. The molecule has 0 radical (unpaired) electrons. The minimum Gasteiger partial charge on any atom is -0.748 e. The average Bonchev–Trinajstić information content (AvgIpc) is 2.38. The Morgan fingerprint density at radius 2 is 1.73 bits per heavy atom. The molecule has 0 N–H and O–H groups in total. The van der Waals surface area contributed by atoms with Gasteiger partial charge in [0.15, 0.2) is 11.5 Å². The summed E-state index contributed by atoms with van der Waals surface area (Å²) >= 11 is 0. The third-order valence-electron chi connectivity index (χ3n) is 3.26. The molecule has 0 spiro atoms. The van der Waals surface area contributed by atoms with Crippen LogP contribution in [0.2, 0.25) is 0 Å². The van der Waals surface area contributed by atoms with E-state index in [2.05, 4.69) is 0 Å². The van der Waals surface area contributed by atoms with Gasteiger partial charge in [0.2, 0.25) is 0 Å². The van der Waals surface area contributed by atoms with Gasteiger partial charge in [0.25, 0.3) is 0 Å². The summed E-state index contributed by atoms with van der Waals surface area (Å²) in [7, 11) is -3.75. The summed E-state index contributed by atoms with van der Waals surface area (Å²) in [6, 6.07) is 0. The highest BCUT2D eigenvalue weighted by atomic mass is 32.2. The lowest BCUT2D eigenvalue weighted by atomic mass is 9.92. The molecule has 1 aliphatic rings. The van der Waals surface area contributed by atoms with Crippen LogP contribution in [0.25, 0.3) is 0 Å². The Hall–Kier alpha value is -0.400. The van der Waals surface area contributed by atoms with Crippen LogP contribution >= 0.6 is 0 Å².